The zero-order chi connectivity index (χ0) is 16.5. The van der Waals surface area contributed by atoms with Gasteiger partial charge in [0.05, 0.1) is 0 Å². The van der Waals surface area contributed by atoms with E-state index >= 15 is 0 Å². The van der Waals surface area contributed by atoms with Crippen molar-refractivity contribution in [2.24, 2.45) is 0 Å². The molecular weight excluding hydrogens is 280 g/mol. The number of hydrogen-bond donors (Lipinski definition) is 0. The fourth-order valence-electron chi connectivity index (χ4n) is 2.63. The summed E-state index contributed by atoms with van der Waals surface area (Å²) in [5.74, 6) is 0. The van der Waals surface area contributed by atoms with Crippen LogP contribution in [0.1, 0.15) is 87.5 Å². The molecule has 128 valence electrons. The van der Waals surface area contributed by atoms with Crippen LogP contribution >= 0.6 is 0 Å². The zero-order valence-corrected chi connectivity index (χ0v) is 16.6. The molecule has 0 aromatic heterocycles. The Morgan fingerprint density at radius 2 is 1.14 bits per heavy atom. The lowest BCUT2D eigenvalue weighted by Crippen LogP contribution is -2.54. The molecule has 21 heavy (non-hydrogen) atoms. The summed E-state index contributed by atoms with van der Waals surface area (Å²) in [6.45, 7) is 16.9. The molecule has 0 radical (unpaired) electrons. The van der Waals surface area contributed by atoms with Crippen molar-refractivity contribution in [1.82, 2.24) is 0 Å². The molecule has 4 heteroatoms. The van der Waals surface area contributed by atoms with Gasteiger partial charge >= 0.3 is 8.80 Å². The normalized spacial score (nSPS) is 14.4. The maximum Gasteiger partial charge on any atom is 0.504 e. The van der Waals surface area contributed by atoms with Crippen LogP contribution < -0.4 is 0 Å². The third-order valence-electron chi connectivity index (χ3n) is 3.35. The Morgan fingerprint density at radius 3 is 1.43 bits per heavy atom. The molecule has 1 atom stereocenters. The molecule has 0 heterocycles. The van der Waals surface area contributed by atoms with Gasteiger partial charge in [-0.25, -0.2) is 0 Å². The third-order valence-corrected chi connectivity index (χ3v) is 7.45. The Bertz CT molecular complexity index is 228. The summed E-state index contributed by atoms with van der Waals surface area (Å²) >= 11 is 0. The van der Waals surface area contributed by atoms with Crippen molar-refractivity contribution in [2.45, 2.75) is 111 Å². The van der Waals surface area contributed by atoms with E-state index in [1.807, 2.05) is 0 Å². The molecule has 1 unspecified atom stereocenters. The maximum atomic E-state index is 6.34. The van der Waals surface area contributed by atoms with E-state index in [1.165, 1.54) is 19.3 Å². The predicted molar refractivity (Wildman–Crippen MR) is 92.6 cm³/mol. The van der Waals surface area contributed by atoms with E-state index < -0.39 is 8.80 Å². The van der Waals surface area contributed by atoms with E-state index in [0.717, 1.165) is 12.8 Å². The summed E-state index contributed by atoms with van der Waals surface area (Å²) in [7, 11) is -2.66. The van der Waals surface area contributed by atoms with Crippen LogP contribution in [0.5, 0.6) is 0 Å². The highest BCUT2D eigenvalue weighted by atomic mass is 28.4. The van der Waals surface area contributed by atoms with Crippen molar-refractivity contribution in [3.8, 4) is 0 Å². The number of unbranched alkanes of at least 4 members (excludes halogenated alkanes) is 2. The Hall–Kier alpha value is 0.0969. The number of rotatable bonds is 12. The van der Waals surface area contributed by atoms with E-state index in [4.69, 9.17) is 13.3 Å². The quantitative estimate of drug-likeness (QED) is 0.348. The smallest absolute Gasteiger partial charge is 0.371 e. The highest BCUT2D eigenvalue weighted by molar-refractivity contribution is 6.62. The van der Waals surface area contributed by atoms with Crippen LogP contribution in [0.3, 0.4) is 0 Å². The minimum atomic E-state index is -2.66. The average Bonchev–Trinajstić information content (AvgIpc) is 2.31. The minimum absolute atomic E-state index is 0.134. The van der Waals surface area contributed by atoms with Gasteiger partial charge in [-0.2, -0.15) is 0 Å². The van der Waals surface area contributed by atoms with Crippen molar-refractivity contribution >= 4 is 8.80 Å². The van der Waals surface area contributed by atoms with Crippen molar-refractivity contribution < 1.29 is 13.3 Å². The SMILES string of the molecule is CCCCCC(CC)[Si](OC(C)C)(OC(C)C)OC(C)C. The lowest BCUT2D eigenvalue weighted by Gasteiger charge is -2.39. The van der Waals surface area contributed by atoms with Crippen LogP contribution in [0.4, 0.5) is 0 Å². The van der Waals surface area contributed by atoms with Crippen LogP contribution in [0.15, 0.2) is 0 Å². The fraction of sp³-hybridized carbons (Fsp3) is 1.00. The highest BCUT2D eigenvalue weighted by Gasteiger charge is 2.50. The van der Waals surface area contributed by atoms with Gasteiger partial charge in [0.1, 0.15) is 0 Å². The largest absolute Gasteiger partial charge is 0.504 e. The Balaban J connectivity index is 5.23. The lowest BCUT2D eigenvalue weighted by molar-refractivity contribution is -0.00634. The van der Waals surface area contributed by atoms with Crippen LogP contribution in [0.25, 0.3) is 0 Å². The second kappa shape index (κ2) is 10.8. The summed E-state index contributed by atoms with van der Waals surface area (Å²) in [6, 6.07) is 0. The van der Waals surface area contributed by atoms with E-state index in [0.29, 0.717) is 5.54 Å². The van der Waals surface area contributed by atoms with Crippen molar-refractivity contribution in [3.63, 3.8) is 0 Å². The van der Waals surface area contributed by atoms with Gasteiger partial charge in [0.25, 0.3) is 0 Å². The van der Waals surface area contributed by atoms with E-state index in [9.17, 15) is 0 Å². The Kier molecular flexibility index (Phi) is 10.8. The average molecular weight is 319 g/mol. The van der Waals surface area contributed by atoms with Crippen molar-refractivity contribution in [1.29, 1.82) is 0 Å². The van der Waals surface area contributed by atoms with Crippen molar-refractivity contribution in [3.05, 3.63) is 0 Å². The summed E-state index contributed by atoms with van der Waals surface area (Å²) < 4.78 is 19.0. The first kappa shape index (κ1) is 21.1. The molecule has 0 fully saturated rings. The molecule has 3 nitrogen and oxygen atoms in total. The lowest BCUT2D eigenvalue weighted by atomic mass is 10.1. The monoisotopic (exact) mass is 318 g/mol. The molecule has 0 amide bonds. The summed E-state index contributed by atoms with van der Waals surface area (Å²) in [5, 5.41) is 0. The minimum Gasteiger partial charge on any atom is -0.371 e. The van der Waals surface area contributed by atoms with Gasteiger partial charge in [-0.05, 0) is 54.4 Å². The molecule has 0 saturated carbocycles. The molecule has 0 bridgehead atoms. The molecule has 0 saturated heterocycles. The maximum absolute atomic E-state index is 6.34. The molecule has 0 N–H and O–H groups in total. The first-order valence-corrected chi connectivity index (χ1v) is 10.6. The van der Waals surface area contributed by atoms with Crippen LogP contribution in [-0.4, -0.2) is 27.1 Å². The predicted octanol–water partition coefficient (Wildman–Crippen LogP) is 5.56. The second-order valence-corrected chi connectivity index (χ2v) is 9.44. The van der Waals surface area contributed by atoms with Gasteiger partial charge in [0.2, 0.25) is 0 Å². The molecule has 0 aliphatic heterocycles. The second-order valence-electron chi connectivity index (χ2n) is 6.70. The Morgan fingerprint density at radius 1 is 0.714 bits per heavy atom. The van der Waals surface area contributed by atoms with Crippen LogP contribution in [0.2, 0.25) is 5.54 Å². The van der Waals surface area contributed by atoms with E-state index in [1.54, 1.807) is 0 Å². The summed E-state index contributed by atoms with van der Waals surface area (Å²) in [5.41, 5.74) is 0.399. The highest BCUT2D eigenvalue weighted by Crippen LogP contribution is 2.36. The summed E-state index contributed by atoms with van der Waals surface area (Å²) in [6.07, 6.45) is 6.34. The third kappa shape index (κ3) is 8.34. The topological polar surface area (TPSA) is 27.7 Å². The Labute approximate surface area is 134 Å². The van der Waals surface area contributed by atoms with Gasteiger partial charge < -0.3 is 13.3 Å². The standard InChI is InChI=1S/C17H38O3Si/c1-9-11-12-13-17(10-2)21(18-14(3)4,19-15(5)6)20-16(7)8/h14-17H,9-13H2,1-8H3. The number of hydrogen-bond acceptors (Lipinski definition) is 3. The molecule has 0 aromatic carbocycles. The van der Waals surface area contributed by atoms with E-state index in [2.05, 4.69) is 55.4 Å². The molecule has 0 rings (SSSR count). The fourth-order valence-corrected chi connectivity index (χ4v) is 6.40. The zero-order valence-electron chi connectivity index (χ0n) is 15.6. The van der Waals surface area contributed by atoms with Crippen LogP contribution in [-0.2, 0) is 13.3 Å². The molecule has 0 aliphatic rings. The molecular formula is C17H38O3Si. The van der Waals surface area contributed by atoms with Crippen molar-refractivity contribution in [2.75, 3.05) is 0 Å². The van der Waals surface area contributed by atoms with Gasteiger partial charge in [0.15, 0.2) is 0 Å². The van der Waals surface area contributed by atoms with E-state index in [-0.39, 0.29) is 18.3 Å². The van der Waals surface area contributed by atoms with Gasteiger partial charge in [-0.15, -0.1) is 0 Å². The van der Waals surface area contributed by atoms with Gasteiger partial charge in [-0.1, -0.05) is 33.1 Å². The van der Waals surface area contributed by atoms with Crippen LogP contribution in [0, 0.1) is 0 Å². The van der Waals surface area contributed by atoms with Gasteiger partial charge in [-0.3, -0.25) is 0 Å². The first-order chi connectivity index (χ1) is 9.77. The van der Waals surface area contributed by atoms with Gasteiger partial charge in [0, 0.05) is 23.9 Å². The molecule has 0 aromatic rings. The first-order valence-electron chi connectivity index (χ1n) is 8.80. The molecule has 0 spiro atoms. The summed E-state index contributed by atoms with van der Waals surface area (Å²) in [4.78, 5) is 0. The molecule has 0 aliphatic carbocycles.